The van der Waals surface area contributed by atoms with Crippen molar-refractivity contribution in [2.45, 2.75) is 13.5 Å². The molecule has 0 atom stereocenters. The third-order valence-electron chi connectivity index (χ3n) is 3.82. The van der Waals surface area contributed by atoms with Gasteiger partial charge in [0.1, 0.15) is 6.54 Å². The molecule has 3 rings (SSSR count). The maximum absolute atomic E-state index is 12.3. The predicted molar refractivity (Wildman–Crippen MR) is 92.3 cm³/mol. The Morgan fingerprint density at radius 2 is 2.04 bits per heavy atom. The molecule has 1 aromatic carbocycles. The number of imide groups is 1. The van der Waals surface area contributed by atoms with Crippen LogP contribution in [0.25, 0.3) is 17.0 Å². The molecule has 2 amide bonds. The van der Waals surface area contributed by atoms with E-state index in [1.54, 1.807) is 23.8 Å². The highest BCUT2D eigenvalue weighted by Gasteiger charge is 2.33. The summed E-state index contributed by atoms with van der Waals surface area (Å²) >= 11 is 0.935. The zero-order valence-corrected chi connectivity index (χ0v) is 14.1. The van der Waals surface area contributed by atoms with Gasteiger partial charge in [-0.1, -0.05) is 18.2 Å². The van der Waals surface area contributed by atoms with E-state index in [0.717, 1.165) is 28.2 Å². The minimum absolute atomic E-state index is 0.0846. The third kappa shape index (κ3) is 2.82. The Morgan fingerprint density at radius 3 is 2.71 bits per heavy atom. The average molecular weight is 344 g/mol. The monoisotopic (exact) mass is 344 g/mol. The maximum atomic E-state index is 12.3. The van der Waals surface area contributed by atoms with Gasteiger partial charge in [-0.05, 0) is 30.8 Å². The highest BCUT2D eigenvalue weighted by Crippen LogP contribution is 2.33. The summed E-state index contributed by atoms with van der Waals surface area (Å²) in [5.41, 5.74) is 1.65. The van der Waals surface area contributed by atoms with Gasteiger partial charge in [-0.15, -0.1) is 0 Å². The van der Waals surface area contributed by atoms with Crippen LogP contribution in [0, 0.1) is 0 Å². The van der Waals surface area contributed by atoms with Gasteiger partial charge in [-0.3, -0.25) is 19.3 Å². The molecule has 0 saturated carbocycles. The summed E-state index contributed by atoms with van der Waals surface area (Å²) in [6, 6.07) is 7.58. The van der Waals surface area contributed by atoms with Gasteiger partial charge in [-0.2, -0.15) is 0 Å². The Balaban J connectivity index is 2.04. The Kier molecular flexibility index (Phi) is 4.44. The molecule has 0 bridgehead atoms. The van der Waals surface area contributed by atoms with Crippen LogP contribution in [-0.4, -0.2) is 40.2 Å². The number of rotatable bonds is 4. The normalized spacial score (nSPS) is 16.4. The minimum Gasteiger partial charge on any atom is -0.468 e. The van der Waals surface area contributed by atoms with Gasteiger partial charge in [0, 0.05) is 29.2 Å². The summed E-state index contributed by atoms with van der Waals surface area (Å²) in [4.78, 5) is 37.3. The Labute approximate surface area is 143 Å². The summed E-state index contributed by atoms with van der Waals surface area (Å²) in [5, 5.41) is 0.650. The van der Waals surface area contributed by atoms with Crippen LogP contribution >= 0.6 is 11.8 Å². The number of methoxy groups -OCH3 is 1. The number of carbonyl (C=O) groups is 3. The van der Waals surface area contributed by atoms with E-state index in [2.05, 4.69) is 0 Å². The number of hydrogen-bond donors (Lipinski definition) is 0. The first kappa shape index (κ1) is 16.3. The van der Waals surface area contributed by atoms with E-state index in [4.69, 9.17) is 4.74 Å². The molecule has 2 heterocycles. The second-order valence-electron chi connectivity index (χ2n) is 5.23. The van der Waals surface area contributed by atoms with Gasteiger partial charge in [0.2, 0.25) is 0 Å². The van der Waals surface area contributed by atoms with Crippen molar-refractivity contribution >= 4 is 45.9 Å². The van der Waals surface area contributed by atoms with Crippen molar-refractivity contribution in [3.63, 3.8) is 0 Å². The van der Waals surface area contributed by atoms with Crippen molar-refractivity contribution < 1.29 is 19.1 Å². The molecule has 0 radical (unpaired) electrons. The lowest BCUT2D eigenvalue weighted by molar-refractivity contribution is -0.141. The second kappa shape index (κ2) is 6.52. The molecule has 124 valence electrons. The maximum Gasteiger partial charge on any atom is 0.325 e. The number of fused-ring (bicyclic) bond motifs is 1. The van der Waals surface area contributed by atoms with Crippen molar-refractivity contribution in [3.8, 4) is 0 Å². The van der Waals surface area contributed by atoms with Crippen LogP contribution in [0.5, 0.6) is 0 Å². The van der Waals surface area contributed by atoms with Crippen LogP contribution in [0.2, 0.25) is 0 Å². The number of para-hydroxylation sites is 1. The van der Waals surface area contributed by atoms with Crippen LogP contribution in [-0.2, 0) is 20.9 Å². The van der Waals surface area contributed by atoms with Crippen molar-refractivity contribution in [2.24, 2.45) is 0 Å². The van der Waals surface area contributed by atoms with Crippen molar-refractivity contribution in [3.05, 3.63) is 40.9 Å². The molecule has 1 fully saturated rings. The summed E-state index contributed by atoms with van der Waals surface area (Å²) in [7, 11) is 1.34. The fraction of sp³-hybridized carbons (Fsp3) is 0.235. The zero-order valence-electron chi connectivity index (χ0n) is 13.3. The fourth-order valence-corrected chi connectivity index (χ4v) is 3.53. The molecule has 6 nitrogen and oxygen atoms in total. The topological polar surface area (TPSA) is 68.6 Å². The highest BCUT2D eigenvalue weighted by molar-refractivity contribution is 8.18. The van der Waals surface area contributed by atoms with E-state index >= 15 is 0 Å². The van der Waals surface area contributed by atoms with Gasteiger partial charge < -0.3 is 9.30 Å². The van der Waals surface area contributed by atoms with E-state index in [-0.39, 0.29) is 23.7 Å². The van der Waals surface area contributed by atoms with Crippen LogP contribution in [0.15, 0.2) is 35.4 Å². The molecule has 0 N–H and O–H groups in total. The first-order valence-corrected chi connectivity index (χ1v) is 8.27. The average Bonchev–Trinajstić information content (AvgIpc) is 3.05. The smallest absolute Gasteiger partial charge is 0.325 e. The summed E-state index contributed by atoms with van der Waals surface area (Å²) in [5.74, 6) is -0.633. The number of ether oxygens (including phenoxy) is 1. The molecular weight excluding hydrogens is 328 g/mol. The molecule has 1 aliphatic rings. The molecule has 1 aromatic heterocycles. The lowest BCUT2D eigenvalue weighted by Crippen LogP contribution is -2.27. The largest absolute Gasteiger partial charge is 0.468 e. The zero-order chi connectivity index (χ0) is 17.3. The molecule has 1 saturated heterocycles. The standard InChI is InChI=1S/C17H16N2O4S/c1-3-19-16(21)14(24-17(19)22)8-11-9-18(10-15(20)23-2)13-7-5-4-6-12(11)13/h4-9H,3,10H2,1-2H3/b14-8+. The van der Waals surface area contributed by atoms with Crippen molar-refractivity contribution in [1.29, 1.82) is 0 Å². The first-order chi connectivity index (χ1) is 11.5. The Morgan fingerprint density at radius 1 is 1.29 bits per heavy atom. The van der Waals surface area contributed by atoms with E-state index in [1.165, 1.54) is 12.0 Å². The van der Waals surface area contributed by atoms with E-state index in [0.29, 0.717) is 11.4 Å². The molecule has 2 aromatic rings. The number of aromatic nitrogens is 1. The molecule has 0 aliphatic carbocycles. The number of amides is 2. The van der Waals surface area contributed by atoms with Gasteiger partial charge in [0.05, 0.1) is 12.0 Å². The van der Waals surface area contributed by atoms with Gasteiger partial charge in [0.25, 0.3) is 11.1 Å². The Bertz CT molecular complexity index is 869. The number of esters is 1. The summed E-state index contributed by atoms with van der Waals surface area (Å²) in [6.45, 7) is 2.20. The van der Waals surface area contributed by atoms with Crippen molar-refractivity contribution in [2.75, 3.05) is 13.7 Å². The lowest BCUT2D eigenvalue weighted by atomic mass is 10.1. The third-order valence-corrected chi connectivity index (χ3v) is 4.73. The first-order valence-electron chi connectivity index (χ1n) is 7.45. The molecular formula is C17H16N2O4S. The number of thioether (sulfide) groups is 1. The minimum atomic E-state index is -0.353. The van der Waals surface area contributed by atoms with Gasteiger partial charge in [-0.25, -0.2) is 0 Å². The molecule has 0 spiro atoms. The van der Waals surface area contributed by atoms with Crippen LogP contribution in [0.4, 0.5) is 4.79 Å². The van der Waals surface area contributed by atoms with E-state index < -0.39 is 0 Å². The van der Waals surface area contributed by atoms with Crippen molar-refractivity contribution in [1.82, 2.24) is 9.47 Å². The second-order valence-corrected chi connectivity index (χ2v) is 6.22. The quantitative estimate of drug-likeness (QED) is 0.630. The van der Waals surface area contributed by atoms with E-state index in [9.17, 15) is 14.4 Å². The molecule has 24 heavy (non-hydrogen) atoms. The van der Waals surface area contributed by atoms with Crippen LogP contribution in [0.3, 0.4) is 0 Å². The number of benzene rings is 1. The van der Waals surface area contributed by atoms with Crippen LogP contribution < -0.4 is 0 Å². The van der Waals surface area contributed by atoms with E-state index in [1.807, 2.05) is 24.3 Å². The fourth-order valence-electron chi connectivity index (χ4n) is 2.64. The highest BCUT2D eigenvalue weighted by atomic mass is 32.2. The summed E-state index contributed by atoms with van der Waals surface area (Å²) < 4.78 is 6.50. The number of hydrogen-bond acceptors (Lipinski definition) is 5. The number of nitrogens with zero attached hydrogens (tertiary/aromatic N) is 2. The molecule has 7 heteroatoms. The Hall–Kier alpha value is -2.54. The SMILES string of the molecule is CCN1C(=O)S/C(=C/c2cn(CC(=O)OC)c3ccccc23)C1=O. The van der Waals surface area contributed by atoms with Gasteiger partial charge >= 0.3 is 5.97 Å². The molecule has 1 aliphatic heterocycles. The predicted octanol–water partition coefficient (Wildman–Crippen LogP) is 2.87. The summed E-state index contributed by atoms with van der Waals surface area (Å²) in [6.07, 6.45) is 3.50. The van der Waals surface area contributed by atoms with Gasteiger partial charge in [0.15, 0.2) is 0 Å². The lowest BCUT2D eigenvalue weighted by Gasteiger charge is -2.06. The number of carbonyl (C=O) groups excluding carboxylic acids is 3. The van der Waals surface area contributed by atoms with Crippen LogP contribution in [0.1, 0.15) is 12.5 Å². The number of likely N-dealkylation sites (N-methyl/N-ethyl adjacent to an activating group) is 1. The molecule has 0 unspecified atom stereocenters.